The molecule has 2 atom stereocenters. The highest BCUT2D eigenvalue weighted by Gasteiger charge is 2.30. The summed E-state index contributed by atoms with van der Waals surface area (Å²) in [5.74, 6) is -0.0808. The molecule has 114 valence electrons. The zero-order chi connectivity index (χ0) is 15.2. The molecular formula is C16H23N3O2. The third-order valence-corrected chi connectivity index (χ3v) is 3.87. The van der Waals surface area contributed by atoms with Crippen molar-refractivity contribution < 1.29 is 9.59 Å². The smallest absolute Gasteiger partial charge is 0.229 e. The van der Waals surface area contributed by atoms with E-state index in [0.717, 1.165) is 30.5 Å². The zero-order valence-corrected chi connectivity index (χ0v) is 12.4. The van der Waals surface area contributed by atoms with Gasteiger partial charge in [0.25, 0.3) is 0 Å². The Morgan fingerprint density at radius 3 is 2.52 bits per heavy atom. The van der Waals surface area contributed by atoms with E-state index in [1.807, 2.05) is 31.2 Å². The van der Waals surface area contributed by atoms with Crippen LogP contribution in [0, 0.1) is 5.92 Å². The summed E-state index contributed by atoms with van der Waals surface area (Å²) in [5.41, 5.74) is 7.61. The number of amides is 2. The molecule has 0 aromatic heterocycles. The lowest BCUT2D eigenvalue weighted by molar-refractivity contribution is -0.121. The summed E-state index contributed by atoms with van der Waals surface area (Å²) < 4.78 is 0. The standard InChI is InChI=1S/C16H23N3O2/c1-2-18-15(20)10-11-6-8-12(9-7-11)19-16(21)13-4-3-5-14(13)17/h6-9,13-14H,2-5,10,17H2,1H3,(H,18,20)(H,19,21). The molecule has 0 radical (unpaired) electrons. The summed E-state index contributed by atoms with van der Waals surface area (Å²) >= 11 is 0. The number of carbonyl (C=O) groups is 2. The first kappa shape index (κ1) is 15.5. The van der Waals surface area contributed by atoms with Crippen molar-refractivity contribution in [3.63, 3.8) is 0 Å². The van der Waals surface area contributed by atoms with Crippen LogP contribution in [0.25, 0.3) is 0 Å². The molecule has 1 aliphatic carbocycles. The van der Waals surface area contributed by atoms with Crippen LogP contribution in [-0.2, 0) is 16.0 Å². The van der Waals surface area contributed by atoms with Crippen LogP contribution in [-0.4, -0.2) is 24.4 Å². The van der Waals surface area contributed by atoms with Crippen LogP contribution in [0.4, 0.5) is 5.69 Å². The van der Waals surface area contributed by atoms with Crippen molar-refractivity contribution in [1.29, 1.82) is 0 Å². The van der Waals surface area contributed by atoms with Gasteiger partial charge in [0, 0.05) is 18.3 Å². The van der Waals surface area contributed by atoms with E-state index in [0.29, 0.717) is 13.0 Å². The predicted octanol–water partition coefficient (Wildman–Crippen LogP) is 1.43. The van der Waals surface area contributed by atoms with Crippen molar-refractivity contribution in [1.82, 2.24) is 5.32 Å². The SMILES string of the molecule is CCNC(=O)Cc1ccc(NC(=O)C2CCCC2N)cc1. The van der Waals surface area contributed by atoms with E-state index in [2.05, 4.69) is 10.6 Å². The first-order chi connectivity index (χ1) is 10.1. The second-order valence-electron chi connectivity index (χ2n) is 5.52. The summed E-state index contributed by atoms with van der Waals surface area (Å²) in [6.07, 6.45) is 3.16. The maximum absolute atomic E-state index is 12.1. The number of benzene rings is 1. The van der Waals surface area contributed by atoms with E-state index >= 15 is 0 Å². The average molecular weight is 289 g/mol. The van der Waals surface area contributed by atoms with E-state index in [1.54, 1.807) is 0 Å². The van der Waals surface area contributed by atoms with Gasteiger partial charge in [-0.2, -0.15) is 0 Å². The Kier molecular flexibility index (Phi) is 5.33. The van der Waals surface area contributed by atoms with Crippen LogP contribution in [0.3, 0.4) is 0 Å². The number of hydrogen-bond acceptors (Lipinski definition) is 3. The zero-order valence-electron chi connectivity index (χ0n) is 12.4. The Hall–Kier alpha value is -1.88. The Labute approximate surface area is 125 Å². The molecule has 0 aliphatic heterocycles. The van der Waals surface area contributed by atoms with Gasteiger partial charge in [-0.25, -0.2) is 0 Å². The number of rotatable bonds is 5. The van der Waals surface area contributed by atoms with Crippen molar-refractivity contribution >= 4 is 17.5 Å². The highest BCUT2D eigenvalue weighted by Crippen LogP contribution is 2.25. The first-order valence-corrected chi connectivity index (χ1v) is 7.52. The topological polar surface area (TPSA) is 84.2 Å². The Bertz CT molecular complexity index is 499. The van der Waals surface area contributed by atoms with Crippen LogP contribution in [0.2, 0.25) is 0 Å². The molecule has 1 aromatic carbocycles. The second-order valence-corrected chi connectivity index (χ2v) is 5.52. The minimum atomic E-state index is -0.0833. The summed E-state index contributed by atoms with van der Waals surface area (Å²) in [4.78, 5) is 23.6. The number of anilines is 1. The molecule has 1 saturated carbocycles. The van der Waals surface area contributed by atoms with Gasteiger partial charge in [-0.1, -0.05) is 18.6 Å². The summed E-state index contributed by atoms with van der Waals surface area (Å²) in [6, 6.07) is 7.35. The Balaban J connectivity index is 1.90. The highest BCUT2D eigenvalue weighted by molar-refractivity contribution is 5.93. The van der Waals surface area contributed by atoms with Crippen molar-refractivity contribution in [2.45, 2.75) is 38.6 Å². The minimum absolute atomic E-state index is 0.00326. The molecule has 0 bridgehead atoms. The minimum Gasteiger partial charge on any atom is -0.356 e. The number of carbonyl (C=O) groups excluding carboxylic acids is 2. The van der Waals surface area contributed by atoms with Crippen LogP contribution in [0.15, 0.2) is 24.3 Å². The van der Waals surface area contributed by atoms with Gasteiger partial charge in [0.2, 0.25) is 11.8 Å². The van der Waals surface area contributed by atoms with Gasteiger partial charge in [-0.15, -0.1) is 0 Å². The molecule has 2 amide bonds. The number of likely N-dealkylation sites (N-methyl/N-ethyl adjacent to an activating group) is 1. The van der Waals surface area contributed by atoms with Crippen LogP contribution < -0.4 is 16.4 Å². The molecule has 21 heavy (non-hydrogen) atoms. The average Bonchev–Trinajstić information content (AvgIpc) is 2.87. The molecule has 0 heterocycles. The second kappa shape index (κ2) is 7.22. The van der Waals surface area contributed by atoms with E-state index in [1.165, 1.54) is 0 Å². The molecule has 1 fully saturated rings. The largest absolute Gasteiger partial charge is 0.356 e. The number of hydrogen-bond donors (Lipinski definition) is 3. The summed E-state index contributed by atoms with van der Waals surface area (Å²) in [7, 11) is 0. The molecule has 0 spiro atoms. The quantitative estimate of drug-likeness (QED) is 0.766. The molecule has 5 heteroatoms. The molecular weight excluding hydrogens is 266 g/mol. The lowest BCUT2D eigenvalue weighted by atomic mass is 10.0. The molecule has 2 unspecified atom stereocenters. The monoisotopic (exact) mass is 289 g/mol. The lowest BCUT2D eigenvalue weighted by Gasteiger charge is -2.15. The maximum Gasteiger partial charge on any atom is 0.229 e. The fraction of sp³-hybridized carbons (Fsp3) is 0.500. The number of nitrogens with two attached hydrogens (primary N) is 1. The molecule has 4 N–H and O–H groups in total. The summed E-state index contributed by atoms with van der Waals surface area (Å²) in [6.45, 7) is 2.53. The molecule has 5 nitrogen and oxygen atoms in total. The van der Waals surface area contributed by atoms with Gasteiger partial charge in [0.05, 0.1) is 12.3 Å². The van der Waals surface area contributed by atoms with E-state index in [9.17, 15) is 9.59 Å². The maximum atomic E-state index is 12.1. The van der Waals surface area contributed by atoms with E-state index < -0.39 is 0 Å². The first-order valence-electron chi connectivity index (χ1n) is 7.52. The highest BCUT2D eigenvalue weighted by atomic mass is 16.2. The summed E-state index contributed by atoms with van der Waals surface area (Å²) in [5, 5.41) is 5.66. The molecule has 1 aromatic rings. The number of nitrogens with one attached hydrogen (secondary N) is 2. The third kappa shape index (κ3) is 4.29. The van der Waals surface area contributed by atoms with Crippen molar-refractivity contribution in [3.8, 4) is 0 Å². The predicted molar refractivity (Wildman–Crippen MR) is 82.8 cm³/mol. The van der Waals surface area contributed by atoms with Crippen LogP contribution >= 0.6 is 0 Å². The molecule has 2 rings (SSSR count). The van der Waals surface area contributed by atoms with Gasteiger partial charge in [-0.3, -0.25) is 9.59 Å². The van der Waals surface area contributed by atoms with Gasteiger partial charge >= 0.3 is 0 Å². The van der Waals surface area contributed by atoms with E-state index in [4.69, 9.17) is 5.73 Å². The third-order valence-electron chi connectivity index (χ3n) is 3.87. The van der Waals surface area contributed by atoms with Crippen molar-refractivity contribution in [2.75, 3.05) is 11.9 Å². The molecule has 0 saturated heterocycles. The van der Waals surface area contributed by atoms with Gasteiger partial charge in [0.15, 0.2) is 0 Å². The normalized spacial score (nSPS) is 21.0. The van der Waals surface area contributed by atoms with Crippen molar-refractivity contribution in [2.24, 2.45) is 11.7 Å². The van der Waals surface area contributed by atoms with Crippen LogP contribution in [0.1, 0.15) is 31.7 Å². The van der Waals surface area contributed by atoms with Gasteiger partial charge in [-0.05, 0) is 37.5 Å². The Morgan fingerprint density at radius 2 is 1.95 bits per heavy atom. The lowest BCUT2D eigenvalue weighted by Crippen LogP contribution is -2.34. The fourth-order valence-electron chi connectivity index (χ4n) is 2.70. The molecule has 1 aliphatic rings. The van der Waals surface area contributed by atoms with Crippen molar-refractivity contribution in [3.05, 3.63) is 29.8 Å². The van der Waals surface area contributed by atoms with Crippen LogP contribution in [0.5, 0.6) is 0 Å². The van der Waals surface area contributed by atoms with Gasteiger partial charge < -0.3 is 16.4 Å². The van der Waals surface area contributed by atoms with Gasteiger partial charge in [0.1, 0.15) is 0 Å². The Morgan fingerprint density at radius 1 is 1.24 bits per heavy atom. The van der Waals surface area contributed by atoms with E-state index in [-0.39, 0.29) is 23.8 Å². The fourth-order valence-corrected chi connectivity index (χ4v) is 2.70.